The highest BCUT2D eigenvalue weighted by atomic mass is 35.7. The van der Waals surface area contributed by atoms with Gasteiger partial charge in [0.25, 0.3) is 9.05 Å². The fourth-order valence-corrected chi connectivity index (χ4v) is 3.45. The first-order valence-corrected chi connectivity index (χ1v) is 10.3. The van der Waals surface area contributed by atoms with Crippen molar-refractivity contribution in [2.24, 2.45) is 0 Å². The first-order valence-electron chi connectivity index (χ1n) is 7.94. The quantitative estimate of drug-likeness (QED) is 0.757. The lowest BCUT2D eigenvalue weighted by Gasteiger charge is -2.37. The van der Waals surface area contributed by atoms with E-state index in [0.29, 0.717) is 18.7 Å². The summed E-state index contributed by atoms with van der Waals surface area (Å²) in [5.41, 5.74) is 0.926. The number of carbonyl (C=O) groups excluding carboxylic acids is 1. The van der Waals surface area contributed by atoms with Gasteiger partial charge in [-0.25, -0.2) is 18.2 Å². The van der Waals surface area contributed by atoms with Crippen LogP contribution in [0.1, 0.15) is 51.8 Å². The van der Waals surface area contributed by atoms with Gasteiger partial charge >= 0.3 is 6.09 Å². The number of aromatic nitrogens is 1. The van der Waals surface area contributed by atoms with E-state index in [0.717, 1.165) is 18.4 Å². The van der Waals surface area contributed by atoms with Gasteiger partial charge in [0.1, 0.15) is 5.60 Å². The van der Waals surface area contributed by atoms with Crippen LogP contribution in [-0.2, 0) is 26.8 Å². The Bertz CT molecular complexity index is 728. The zero-order chi connectivity index (χ0) is 18.1. The van der Waals surface area contributed by atoms with Crippen molar-refractivity contribution in [2.75, 3.05) is 0 Å². The standard InChI is InChI=1S/C16H23ClN2O4S/c1-5-6-12-9-13-11(7-8-14(18-13)24(17,21)22)10-19(12)15(20)23-16(2,3)4/h7-8,12H,5-6,9-10H2,1-4H3. The summed E-state index contributed by atoms with van der Waals surface area (Å²) in [6, 6.07) is 2.96. The molecule has 1 unspecified atom stereocenters. The number of halogens is 1. The van der Waals surface area contributed by atoms with Crippen LogP contribution in [0.15, 0.2) is 17.2 Å². The molecule has 1 aliphatic rings. The maximum Gasteiger partial charge on any atom is 0.410 e. The number of hydrogen-bond donors (Lipinski definition) is 0. The van der Waals surface area contributed by atoms with Gasteiger partial charge in [-0.3, -0.25) is 0 Å². The predicted octanol–water partition coefficient (Wildman–Crippen LogP) is 3.47. The Labute approximate surface area is 147 Å². The van der Waals surface area contributed by atoms with Crippen LogP contribution in [0.3, 0.4) is 0 Å². The number of fused-ring (bicyclic) bond motifs is 1. The third-order valence-electron chi connectivity index (χ3n) is 3.75. The van der Waals surface area contributed by atoms with Gasteiger partial charge in [-0.1, -0.05) is 19.4 Å². The van der Waals surface area contributed by atoms with Crippen LogP contribution in [0, 0.1) is 0 Å². The molecule has 0 fully saturated rings. The molecule has 1 aliphatic heterocycles. The third kappa shape index (κ3) is 4.60. The molecule has 0 aliphatic carbocycles. The molecule has 0 spiro atoms. The van der Waals surface area contributed by atoms with Crippen LogP contribution in [0.2, 0.25) is 0 Å². The van der Waals surface area contributed by atoms with Crippen molar-refractivity contribution in [1.29, 1.82) is 0 Å². The molecule has 2 rings (SSSR count). The monoisotopic (exact) mass is 374 g/mol. The molecule has 0 N–H and O–H groups in total. The summed E-state index contributed by atoms with van der Waals surface area (Å²) in [5.74, 6) is 0. The molecule has 2 heterocycles. The van der Waals surface area contributed by atoms with E-state index in [4.69, 9.17) is 15.4 Å². The first kappa shape index (κ1) is 19.0. The van der Waals surface area contributed by atoms with Crippen molar-refractivity contribution >= 4 is 25.8 Å². The van der Waals surface area contributed by atoms with Gasteiger partial charge in [0.05, 0.1) is 6.54 Å². The van der Waals surface area contributed by atoms with Crippen molar-refractivity contribution in [3.63, 3.8) is 0 Å². The molecule has 6 nitrogen and oxygen atoms in total. The molecule has 24 heavy (non-hydrogen) atoms. The number of nitrogens with zero attached hydrogens (tertiary/aromatic N) is 2. The van der Waals surface area contributed by atoms with Crippen molar-refractivity contribution < 1.29 is 17.9 Å². The number of carbonyl (C=O) groups is 1. The number of hydrogen-bond acceptors (Lipinski definition) is 5. The molecular formula is C16H23ClN2O4S. The fraction of sp³-hybridized carbons (Fsp3) is 0.625. The Morgan fingerprint density at radius 2 is 2.08 bits per heavy atom. The van der Waals surface area contributed by atoms with E-state index in [9.17, 15) is 13.2 Å². The number of rotatable bonds is 3. The summed E-state index contributed by atoms with van der Waals surface area (Å²) in [7, 11) is 1.51. The van der Waals surface area contributed by atoms with E-state index in [-0.39, 0.29) is 17.2 Å². The number of ether oxygens (including phenoxy) is 1. The van der Waals surface area contributed by atoms with Gasteiger partial charge in [0.2, 0.25) is 0 Å². The summed E-state index contributed by atoms with van der Waals surface area (Å²) >= 11 is 0. The SMILES string of the molecule is CCCC1Cc2nc(S(=O)(=O)Cl)ccc2CN1C(=O)OC(C)(C)C. The summed E-state index contributed by atoms with van der Waals surface area (Å²) < 4.78 is 28.4. The molecule has 1 aromatic rings. The minimum Gasteiger partial charge on any atom is -0.444 e. The van der Waals surface area contributed by atoms with E-state index < -0.39 is 14.7 Å². The molecule has 134 valence electrons. The molecule has 8 heteroatoms. The van der Waals surface area contributed by atoms with E-state index in [1.54, 1.807) is 11.0 Å². The summed E-state index contributed by atoms with van der Waals surface area (Å²) in [4.78, 5) is 18.4. The third-order valence-corrected chi connectivity index (χ3v) is 4.95. The van der Waals surface area contributed by atoms with Gasteiger partial charge in [0, 0.05) is 28.8 Å². The van der Waals surface area contributed by atoms with E-state index in [1.807, 2.05) is 27.7 Å². The van der Waals surface area contributed by atoms with E-state index >= 15 is 0 Å². The average molecular weight is 375 g/mol. The second kappa shape index (κ2) is 6.88. The highest BCUT2D eigenvalue weighted by molar-refractivity contribution is 8.13. The zero-order valence-corrected chi connectivity index (χ0v) is 15.9. The maximum absolute atomic E-state index is 12.5. The topological polar surface area (TPSA) is 76.6 Å². The molecule has 1 aromatic heterocycles. The summed E-state index contributed by atoms with van der Waals surface area (Å²) in [6.45, 7) is 7.88. The number of amides is 1. The van der Waals surface area contributed by atoms with Crippen LogP contribution in [0.25, 0.3) is 0 Å². The Kier molecular flexibility index (Phi) is 5.44. The minimum absolute atomic E-state index is 0.0712. The van der Waals surface area contributed by atoms with Crippen LogP contribution >= 0.6 is 10.7 Å². The Hall–Kier alpha value is -1.34. The molecule has 1 amide bonds. The lowest BCUT2D eigenvalue weighted by molar-refractivity contribution is 0.0107. The molecule has 0 radical (unpaired) electrons. The van der Waals surface area contributed by atoms with Crippen LogP contribution in [-0.4, -0.2) is 36.0 Å². The molecule has 1 atom stereocenters. The van der Waals surface area contributed by atoms with Crippen molar-refractivity contribution in [3.05, 3.63) is 23.4 Å². The predicted molar refractivity (Wildman–Crippen MR) is 91.5 cm³/mol. The normalized spacial score (nSPS) is 18.2. The van der Waals surface area contributed by atoms with Gasteiger partial charge in [-0.05, 0) is 38.8 Å². The smallest absolute Gasteiger partial charge is 0.410 e. The molecule has 0 saturated heterocycles. The number of pyridine rings is 1. The van der Waals surface area contributed by atoms with Gasteiger partial charge in [-0.15, -0.1) is 0 Å². The second-order valence-corrected chi connectivity index (χ2v) is 9.46. The van der Waals surface area contributed by atoms with E-state index in [1.165, 1.54) is 6.07 Å². The van der Waals surface area contributed by atoms with Crippen LogP contribution in [0.4, 0.5) is 4.79 Å². The average Bonchev–Trinajstić information content (AvgIpc) is 2.43. The van der Waals surface area contributed by atoms with E-state index in [2.05, 4.69) is 4.98 Å². The highest BCUT2D eigenvalue weighted by Gasteiger charge is 2.33. The van der Waals surface area contributed by atoms with Crippen LogP contribution in [0.5, 0.6) is 0 Å². The van der Waals surface area contributed by atoms with Gasteiger partial charge in [-0.2, -0.15) is 0 Å². The van der Waals surface area contributed by atoms with Gasteiger partial charge < -0.3 is 9.64 Å². The molecular weight excluding hydrogens is 352 g/mol. The minimum atomic E-state index is -3.86. The lowest BCUT2D eigenvalue weighted by Crippen LogP contribution is -2.46. The van der Waals surface area contributed by atoms with Gasteiger partial charge in [0.15, 0.2) is 5.03 Å². The Morgan fingerprint density at radius 1 is 1.42 bits per heavy atom. The molecule has 0 bridgehead atoms. The Morgan fingerprint density at radius 3 is 2.62 bits per heavy atom. The lowest BCUT2D eigenvalue weighted by atomic mass is 9.96. The van der Waals surface area contributed by atoms with Crippen molar-refractivity contribution in [1.82, 2.24) is 9.88 Å². The van der Waals surface area contributed by atoms with Crippen molar-refractivity contribution in [3.8, 4) is 0 Å². The maximum atomic E-state index is 12.5. The molecule has 0 saturated carbocycles. The highest BCUT2D eigenvalue weighted by Crippen LogP contribution is 2.28. The second-order valence-electron chi connectivity index (χ2n) is 6.95. The Balaban J connectivity index is 2.32. The van der Waals surface area contributed by atoms with Crippen LogP contribution < -0.4 is 0 Å². The van der Waals surface area contributed by atoms with Crippen molar-refractivity contribution in [2.45, 2.75) is 70.2 Å². The fourth-order valence-electron chi connectivity index (χ4n) is 2.74. The first-order chi connectivity index (χ1) is 11.0. The largest absolute Gasteiger partial charge is 0.444 e. The zero-order valence-electron chi connectivity index (χ0n) is 14.4. The molecule has 0 aromatic carbocycles. The summed E-state index contributed by atoms with van der Waals surface area (Å²) in [6.07, 6.45) is 1.81. The summed E-state index contributed by atoms with van der Waals surface area (Å²) in [5, 5.41) is -0.149.